The van der Waals surface area contributed by atoms with Crippen LogP contribution in [0.3, 0.4) is 0 Å². The lowest BCUT2D eigenvalue weighted by Gasteiger charge is -2.36. The van der Waals surface area contributed by atoms with E-state index in [-0.39, 0.29) is 6.61 Å². The van der Waals surface area contributed by atoms with E-state index in [4.69, 9.17) is 5.11 Å². The van der Waals surface area contributed by atoms with Gasteiger partial charge in [-0.05, 0) is 5.16 Å². The van der Waals surface area contributed by atoms with Gasteiger partial charge in [0.1, 0.15) is 0 Å². The molecule has 0 aromatic carbocycles. The molecule has 0 spiro atoms. The van der Waals surface area contributed by atoms with Gasteiger partial charge in [-0.15, -0.1) is 0 Å². The Morgan fingerprint density at radius 2 is 1.38 bits per heavy atom. The molecule has 3 heteroatoms. The molecule has 0 radical (unpaired) electrons. The summed E-state index contributed by atoms with van der Waals surface area (Å²) in [5.41, 5.74) is 0. The predicted molar refractivity (Wildman–Crippen MR) is 66.7 cm³/mol. The van der Waals surface area contributed by atoms with Crippen LogP contribution < -0.4 is 0 Å². The highest BCUT2D eigenvalue weighted by atomic mass is 28.4. The zero-order chi connectivity index (χ0) is 10.7. The van der Waals surface area contributed by atoms with E-state index < -0.39 is 16.1 Å². The van der Waals surface area contributed by atoms with Gasteiger partial charge in [0.25, 0.3) is 0 Å². The average molecular weight is 216 g/mol. The third-order valence-electron chi connectivity index (χ3n) is 2.30. The Bertz CT molecular complexity index is 160. The minimum atomic E-state index is -1.10. The number of aliphatic hydroxyl groups is 1. The van der Waals surface area contributed by atoms with E-state index >= 15 is 0 Å². The van der Waals surface area contributed by atoms with Crippen LogP contribution in [-0.2, 0) is 0 Å². The quantitative estimate of drug-likeness (QED) is 0.565. The maximum atomic E-state index is 8.79. The maximum Gasteiger partial charge on any atom is 0.0612 e. The summed E-state index contributed by atoms with van der Waals surface area (Å²) in [6.45, 7) is 14.7. The summed E-state index contributed by atoms with van der Waals surface area (Å²) in [5, 5.41) is 9.56. The van der Waals surface area contributed by atoms with Gasteiger partial charge in [0.05, 0.1) is 6.61 Å². The van der Waals surface area contributed by atoms with Crippen LogP contribution in [0.4, 0.5) is 0 Å². The Kier molecular flexibility index (Phi) is 4.62. The van der Waals surface area contributed by atoms with E-state index in [0.717, 1.165) is 5.16 Å². The molecular formula is C10H24OSi2. The zero-order valence-corrected chi connectivity index (χ0v) is 11.9. The summed E-state index contributed by atoms with van der Waals surface area (Å²) in [5.74, 6) is 0. The number of hydrogen-bond donors (Lipinski definition) is 1. The molecule has 0 rings (SSSR count). The van der Waals surface area contributed by atoms with Crippen molar-refractivity contribution in [3.05, 3.63) is 12.2 Å². The first-order valence-electron chi connectivity index (χ1n) is 4.97. The zero-order valence-electron chi connectivity index (χ0n) is 9.89. The molecule has 0 atom stereocenters. The van der Waals surface area contributed by atoms with Crippen molar-refractivity contribution < 1.29 is 5.11 Å². The molecule has 0 bridgehead atoms. The van der Waals surface area contributed by atoms with Crippen LogP contribution >= 0.6 is 0 Å². The van der Waals surface area contributed by atoms with Crippen LogP contribution in [0.1, 0.15) is 0 Å². The Balaban J connectivity index is 4.68. The third-order valence-corrected chi connectivity index (χ3v) is 11.6. The van der Waals surface area contributed by atoms with Crippen molar-refractivity contribution in [3.63, 3.8) is 0 Å². The van der Waals surface area contributed by atoms with E-state index in [1.165, 1.54) is 0 Å². The van der Waals surface area contributed by atoms with Crippen LogP contribution in [0.5, 0.6) is 0 Å². The Morgan fingerprint density at radius 1 is 1.00 bits per heavy atom. The molecule has 78 valence electrons. The van der Waals surface area contributed by atoms with Crippen LogP contribution in [0.2, 0.25) is 44.4 Å². The van der Waals surface area contributed by atoms with E-state index in [9.17, 15) is 0 Å². The van der Waals surface area contributed by atoms with E-state index in [2.05, 4.69) is 45.4 Å². The van der Waals surface area contributed by atoms with E-state index in [0.29, 0.717) is 0 Å². The lowest BCUT2D eigenvalue weighted by molar-refractivity contribution is 0.342. The lowest BCUT2D eigenvalue weighted by Crippen LogP contribution is -2.42. The number of hydrogen-bond acceptors (Lipinski definition) is 1. The van der Waals surface area contributed by atoms with Gasteiger partial charge < -0.3 is 5.11 Å². The summed E-state index contributed by atoms with van der Waals surface area (Å²) >= 11 is 0. The van der Waals surface area contributed by atoms with Crippen molar-refractivity contribution in [1.82, 2.24) is 0 Å². The molecule has 1 N–H and O–H groups in total. The van der Waals surface area contributed by atoms with Crippen molar-refractivity contribution in [2.75, 3.05) is 6.61 Å². The molecule has 0 aliphatic rings. The molecule has 0 fully saturated rings. The first-order chi connectivity index (χ1) is 5.69. The maximum absolute atomic E-state index is 8.79. The van der Waals surface area contributed by atoms with Crippen molar-refractivity contribution in [1.29, 1.82) is 0 Å². The van der Waals surface area contributed by atoms with Gasteiger partial charge >= 0.3 is 0 Å². The first-order valence-corrected chi connectivity index (χ1v) is 12.1. The number of rotatable bonds is 4. The van der Waals surface area contributed by atoms with E-state index in [1.54, 1.807) is 0 Å². The molecule has 0 heterocycles. The fraction of sp³-hybridized carbons (Fsp3) is 0.800. The van der Waals surface area contributed by atoms with Crippen molar-refractivity contribution >= 4 is 16.1 Å². The van der Waals surface area contributed by atoms with E-state index in [1.807, 2.05) is 6.08 Å². The fourth-order valence-electron chi connectivity index (χ4n) is 2.07. The first kappa shape index (κ1) is 13.1. The topological polar surface area (TPSA) is 20.2 Å². The lowest BCUT2D eigenvalue weighted by atomic mass is 10.5. The molecule has 0 unspecified atom stereocenters. The fourth-order valence-corrected chi connectivity index (χ4v) is 13.9. The highest BCUT2D eigenvalue weighted by Gasteiger charge is 2.35. The number of allylic oxidation sites excluding steroid dienone is 1. The normalized spacial score (nSPS) is 14.5. The smallest absolute Gasteiger partial charge is 0.0612 e. The molecule has 0 aliphatic carbocycles. The largest absolute Gasteiger partial charge is 0.392 e. The highest BCUT2D eigenvalue weighted by Crippen LogP contribution is 2.33. The van der Waals surface area contributed by atoms with Gasteiger partial charge in [0.15, 0.2) is 0 Å². The van der Waals surface area contributed by atoms with Gasteiger partial charge in [-0.2, -0.15) is 0 Å². The van der Waals surface area contributed by atoms with Crippen molar-refractivity contribution in [3.8, 4) is 0 Å². The average Bonchev–Trinajstić information content (AvgIpc) is 1.81. The molecule has 0 aromatic rings. The standard InChI is InChI=1S/C10H24OSi2/c1-12(2,3)10(8-7-9-11)13(4,5)6/h7-8,10-11H,9H2,1-6H3. The molecule has 0 aliphatic heterocycles. The van der Waals surface area contributed by atoms with Crippen LogP contribution in [0.25, 0.3) is 0 Å². The molecular weight excluding hydrogens is 192 g/mol. The van der Waals surface area contributed by atoms with Gasteiger partial charge in [0, 0.05) is 16.1 Å². The molecule has 0 saturated heterocycles. The summed E-state index contributed by atoms with van der Waals surface area (Å²) in [7, 11) is -2.19. The molecule has 0 saturated carbocycles. The summed E-state index contributed by atoms with van der Waals surface area (Å²) in [6.07, 6.45) is 4.18. The monoisotopic (exact) mass is 216 g/mol. The minimum absolute atomic E-state index is 0.186. The molecule has 0 amide bonds. The Morgan fingerprint density at radius 3 is 1.62 bits per heavy atom. The summed E-state index contributed by atoms with van der Waals surface area (Å²) in [4.78, 5) is 0. The van der Waals surface area contributed by atoms with Gasteiger partial charge in [-0.1, -0.05) is 51.4 Å². The van der Waals surface area contributed by atoms with Gasteiger partial charge in [-0.25, -0.2) is 0 Å². The Labute approximate surface area is 84.9 Å². The molecule has 0 aromatic heterocycles. The third kappa shape index (κ3) is 4.79. The van der Waals surface area contributed by atoms with Crippen LogP contribution in [-0.4, -0.2) is 27.9 Å². The summed E-state index contributed by atoms with van der Waals surface area (Å²) in [6, 6.07) is 0. The second-order valence-corrected chi connectivity index (χ2v) is 17.1. The number of aliphatic hydroxyl groups excluding tert-OH is 1. The molecule has 13 heavy (non-hydrogen) atoms. The van der Waals surface area contributed by atoms with Gasteiger partial charge in [-0.3, -0.25) is 0 Å². The van der Waals surface area contributed by atoms with Crippen LogP contribution in [0.15, 0.2) is 12.2 Å². The van der Waals surface area contributed by atoms with Crippen molar-refractivity contribution in [2.24, 2.45) is 0 Å². The summed E-state index contributed by atoms with van der Waals surface area (Å²) < 4.78 is 0. The van der Waals surface area contributed by atoms with Crippen molar-refractivity contribution in [2.45, 2.75) is 44.4 Å². The van der Waals surface area contributed by atoms with Gasteiger partial charge in [0.2, 0.25) is 0 Å². The van der Waals surface area contributed by atoms with Crippen LogP contribution in [0, 0.1) is 0 Å². The highest BCUT2D eigenvalue weighted by molar-refractivity contribution is 6.96. The molecule has 1 nitrogen and oxygen atoms in total. The second-order valence-electron chi connectivity index (χ2n) is 5.82. The Hall–Kier alpha value is 0.134. The SMILES string of the molecule is C[Si](C)(C)C(C=CCO)[Si](C)(C)C. The minimum Gasteiger partial charge on any atom is -0.392 e. The second kappa shape index (κ2) is 4.57. The predicted octanol–water partition coefficient (Wildman–Crippen LogP) is 3.12.